The predicted octanol–water partition coefficient (Wildman–Crippen LogP) is 3.97. The Morgan fingerprint density at radius 3 is 1.56 bits per heavy atom. The average Bonchev–Trinajstić information content (AvgIpc) is 2.36. The van der Waals surface area contributed by atoms with Gasteiger partial charge in [0.25, 0.3) is 0 Å². The maximum atomic E-state index is 5.80. The van der Waals surface area contributed by atoms with Crippen LogP contribution in [0.5, 0.6) is 0 Å². The molecular weight excluding hydrogens is 220 g/mol. The van der Waals surface area contributed by atoms with Gasteiger partial charge in [-0.25, -0.2) is 0 Å². The number of nitrogens with two attached hydrogens (primary N) is 2. The highest BCUT2D eigenvalue weighted by Crippen LogP contribution is 2.25. The van der Waals surface area contributed by atoms with Gasteiger partial charge in [-0.1, -0.05) is 51.4 Å². The van der Waals surface area contributed by atoms with Crippen LogP contribution in [0.4, 0.5) is 0 Å². The summed E-state index contributed by atoms with van der Waals surface area (Å²) in [6.45, 7) is 2.13. The zero-order valence-electron chi connectivity index (χ0n) is 12.4. The molecule has 0 amide bonds. The van der Waals surface area contributed by atoms with Crippen molar-refractivity contribution in [3.63, 3.8) is 0 Å². The molecular formula is C16H34N2. The first-order valence-corrected chi connectivity index (χ1v) is 8.21. The van der Waals surface area contributed by atoms with Crippen molar-refractivity contribution in [3.8, 4) is 0 Å². The lowest BCUT2D eigenvalue weighted by Crippen LogP contribution is -2.27. The quantitative estimate of drug-likeness (QED) is 0.744. The van der Waals surface area contributed by atoms with Gasteiger partial charge in [0.2, 0.25) is 0 Å². The van der Waals surface area contributed by atoms with Gasteiger partial charge in [0.15, 0.2) is 0 Å². The third-order valence-electron chi connectivity index (χ3n) is 4.54. The van der Waals surface area contributed by atoms with Crippen LogP contribution in [-0.2, 0) is 0 Å². The molecule has 2 nitrogen and oxygen atoms in total. The van der Waals surface area contributed by atoms with Gasteiger partial charge in [0, 0.05) is 12.1 Å². The largest absolute Gasteiger partial charge is 0.328 e. The smallest absolute Gasteiger partial charge is 0.00388 e. The number of hydrogen-bond acceptors (Lipinski definition) is 2. The third-order valence-corrected chi connectivity index (χ3v) is 4.54. The van der Waals surface area contributed by atoms with Gasteiger partial charge in [-0.15, -0.1) is 0 Å². The van der Waals surface area contributed by atoms with Gasteiger partial charge in [-0.3, -0.25) is 0 Å². The number of rotatable bonds is 1. The van der Waals surface area contributed by atoms with Crippen molar-refractivity contribution in [1.29, 1.82) is 0 Å². The number of hydrogen-bond donors (Lipinski definition) is 2. The van der Waals surface area contributed by atoms with E-state index in [1.54, 1.807) is 0 Å². The Bertz CT molecular complexity index is 178. The molecule has 0 heterocycles. The summed E-state index contributed by atoms with van der Waals surface area (Å²) in [6.07, 6.45) is 16.5. The van der Waals surface area contributed by atoms with Gasteiger partial charge in [0.1, 0.15) is 0 Å². The van der Waals surface area contributed by atoms with Crippen LogP contribution in [0.2, 0.25) is 0 Å². The molecule has 2 aliphatic rings. The minimum atomic E-state index is 0.435. The zero-order chi connectivity index (χ0) is 13.2. The summed E-state index contributed by atoms with van der Waals surface area (Å²) in [6, 6.07) is 0.954. The Morgan fingerprint density at radius 2 is 1.11 bits per heavy atom. The van der Waals surface area contributed by atoms with Gasteiger partial charge in [0.05, 0.1) is 0 Å². The predicted molar refractivity (Wildman–Crippen MR) is 80.5 cm³/mol. The summed E-state index contributed by atoms with van der Waals surface area (Å²) < 4.78 is 0. The summed E-state index contributed by atoms with van der Waals surface area (Å²) >= 11 is 0. The van der Waals surface area contributed by atoms with Crippen LogP contribution < -0.4 is 11.5 Å². The minimum Gasteiger partial charge on any atom is -0.328 e. The SMILES string of the molecule is CC(N)C1CCCCC1.NC1CCCCCCC1. The molecule has 108 valence electrons. The maximum Gasteiger partial charge on any atom is 0.00388 e. The molecule has 0 radical (unpaired) electrons. The van der Waals surface area contributed by atoms with E-state index >= 15 is 0 Å². The van der Waals surface area contributed by atoms with E-state index in [1.165, 1.54) is 77.0 Å². The Labute approximate surface area is 114 Å². The first kappa shape index (κ1) is 16.0. The second kappa shape index (κ2) is 9.80. The van der Waals surface area contributed by atoms with E-state index in [9.17, 15) is 0 Å². The lowest BCUT2D eigenvalue weighted by Gasteiger charge is -2.24. The molecule has 0 saturated heterocycles. The molecule has 18 heavy (non-hydrogen) atoms. The fraction of sp³-hybridized carbons (Fsp3) is 1.00. The van der Waals surface area contributed by atoms with Crippen LogP contribution in [0, 0.1) is 5.92 Å². The highest BCUT2D eigenvalue weighted by atomic mass is 14.6. The lowest BCUT2D eigenvalue weighted by atomic mass is 9.85. The van der Waals surface area contributed by atoms with E-state index < -0.39 is 0 Å². The van der Waals surface area contributed by atoms with Crippen LogP contribution >= 0.6 is 0 Å². The summed E-state index contributed by atoms with van der Waals surface area (Å²) in [7, 11) is 0. The van der Waals surface area contributed by atoms with Crippen LogP contribution in [0.25, 0.3) is 0 Å². The van der Waals surface area contributed by atoms with Crippen molar-refractivity contribution < 1.29 is 0 Å². The van der Waals surface area contributed by atoms with Crippen molar-refractivity contribution in [3.05, 3.63) is 0 Å². The molecule has 0 aromatic carbocycles. The molecule has 2 aliphatic carbocycles. The first-order valence-electron chi connectivity index (χ1n) is 8.21. The van der Waals surface area contributed by atoms with E-state index in [0.29, 0.717) is 12.1 Å². The van der Waals surface area contributed by atoms with Crippen molar-refractivity contribution in [2.45, 2.75) is 96.1 Å². The molecule has 2 heteroatoms. The molecule has 0 aromatic heterocycles. The summed E-state index contributed by atoms with van der Waals surface area (Å²) in [5, 5.41) is 0. The molecule has 2 fully saturated rings. The van der Waals surface area contributed by atoms with Crippen LogP contribution in [0.3, 0.4) is 0 Å². The Balaban J connectivity index is 0.000000180. The highest BCUT2D eigenvalue weighted by Gasteiger charge is 2.16. The lowest BCUT2D eigenvalue weighted by molar-refractivity contribution is 0.316. The van der Waals surface area contributed by atoms with Crippen LogP contribution in [0.1, 0.15) is 84.0 Å². The van der Waals surface area contributed by atoms with E-state index in [-0.39, 0.29) is 0 Å². The Hall–Kier alpha value is -0.0800. The molecule has 0 aromatic rings. The normalized spacial score (nSPS) is 25.5. The molecule has 1 unspecified atom stereocenters. The standard InChI is InChI=1S/2C8H17N/c1-7(9)8-5-3-2-4-6-8;9-8-6-4-2-1-3-5-7-8/h7-8H,2-6,9H2,1H3;8H,1-7,9H2. The molecule has 0 aliphatic heterocycles. The van der Waals surface area contributed by atoms with E-state index in [4.69, 9.17) is 11.5 Å². The Kier molecular flexibility index (Phi) is 8.70. The monoisotopic (exact) mass is 254 g/mol. The minimum absolute atomic E-state index is 0.435. The van der Waals surface area contributed by atoms with E-state index in [1.807, 2.05) is 0 Å². The van der Waals surface area contributed by atoms with Gasteiger partial charge in [-0.05, 0) is 38.5 Å². The summed E-state index contributed by atoms with van der Waals surface area (Å²) in [5.41, 5.74) is 11.6. The van der Waals surface area contributed by atoms with Crippen molar-refractivity contribution in [1.82, 2.24) is 0 Å². The third kappa shape index (κ3) is 7.38. The Morgan fingerprint density at radius 1 is 0.722 bits per heavy atom. The molecule has 0 bridgehead atoms. The van der Waals surface area contributed by atoms with Crippen molar-refractivity contribution >= 4 is 0 Å². The molecule has 4 N–H and O–H groups in total. The van der Waals surface area contributed by atoms with Gasteiger partial charge < -0.3 is 11.5 Å². The van der Waals surface area contributed by atoms with Gasteiger partial charge in [-0.2, -0.15) is 0 Å². The summed E-state index contributed by atoms with van der Waals surface area (Å²) in [4.78, 5) is 0. The maximum absolute atomic E-state index is 5.80. The fourth-order valence-corrected chi connectivity index (χ4v) is 3.15. The van der Waals surface area contributed by atoms with Crippen LogP contribution in [0.15, 0.2) is 0 Å². The van der Waals surface area contributed by atoms with E-state index in [2.05, 4.69) is 6.92 Å². The average molecular weight is 254 g/mol. The second-order valence-corrected chi connectivity index (χ2v) is 6.36. The van der Waals surface area contributed by atoms with Gasteiger partial charge >= 0.3 is 0 Å². The second-order valence-electron chi connectivity index (χ2n) is 6.36. The van der Waals surface area contributed by atoms with E-state index in [0.717, 1.165) is 5.92 Å². The topological polar surface area (TPSA) is 52.0 Å². The highest BCUT2D eigenvalue weighted by molar-refractivity contribution is 4.72. The van der Waals surface area contributed by atoms with Crippen molar-refractivity contribution in [2.24, 2.45) is 17.4 Å². The first-order chi connectivity index (χ1) is 8.70. The molecule has 2 rings (SSSR count). The zero-order valence-corrected chi connectivity index (χ0v) is 12.4. The van der Waals surface area contributed by atoms with Crippen molar-refractivity contribution in [2.75, 3.05) is 0 Å². The fourth-order valence-electron chi connectivity index (χ4n) is 3.15. The molecule has 2 saturated carbocycles. The van der Waals surface area contributed by atoms with Crippen LogP contribution in [-0.4, -0.2) is 12.1 Å². The molecule has 0 spiro atoms. The summed E-state index contributed by atoms with van der Waals surface area (Å²) in [5.74, 6) is 0.832. The molecule has 1 atom stereocenters.